The van der Waals surface area contributed by atoms with Crippen molar-refractivity contribution in [3.05, 3.63) is 28.8 Å². The summed E-state index contributed by atoms with van der Waals surface area (Å²) >= 11 is 5.66. The van der Waals surface area contributed by atoms with Crippen LogP contribution in [0.3, 0.4) is 0 Å². The van der Waals surface area contributed by atoms with Gasteiger partial charge in [0.2, 0.25) is 0 Å². The highest BCUT2D eigenvalue weighted by Crippen LogP contribution is 2.24. The minimum atomic E-state index is -4.32. The summed E-state index contributed by atoms with van der Waals surface area (Å²) in [5, 5.41) is 8.79. The second kappa shape index (κ2) is 5.76. The molecule has 0 fully saturated rings. The summed E-state index contributed by atoms with van der Waals surface area (Å²) in [5.41, 5.74) is -0.712. The van der Waals surface area contributed by atoms with E-state index in [9.17, 15) is 18.0 Å². The number of hydrogen-bond donors (Lipinski definition) is 3. The molecule has 0 saturated heterocycles. The molecule has 0 aromatic heterocycles. The van der Waals surface area contributed by atoms with Crippen molar-refractivity contribution < 1.29 is 27.9 Å². The normalized spacial score (nSPS) is 10.6. The van der Waals surface area contributed by atoms with Gasteiger partial charge in [0.25, 0.3) is 0 Å². The van der Waals surface area contributed by atoms with Crippen molar-refractivity contribution in [3.8, 4) is 0 Å². The van der Waals surface area contributed by atoms with Gasteiger partial charge in [0.15, 0.2) is 0 Å². The highest BCUT2D eigenvalue weighted by atomic mass is 35.5. The number of carbonyl (C=O) groups excluding carboxylic acids is 1. The molecule has 0 heterocycles. The standard InChI is InChI=1S/C9H9ClN2O6S/c1-18-9(15)12-19(16,17)11-6-4-2-3-5(10)7(6)8(13)14/h2-4,11H,1H3,(H,12,15)(H,13,14). The number of anilines is 1. The second-order valence-corrected chi connectivity index (χ2v) is 4.99. The Morgan fingerprint density at radius 1 is 1.37 bits per heavy atom. The van der Waals surface area contributed by atoms with Crippen molar-refractivity contribution >= 4 is 39.6 Å². The molecule has 0 bridgehead atoms. The molecule has 0 spiro atoms. The van der Waals surface area contributed by atoms with Gasteiger partial charge in [0, 0.05) is 0 Å². The molecule has 19 heavy (non-hydrogen) atoms. The topological polar surface area (TPSA) is 122 Å². The fourth-order valence-electron chi connectivity index (χ4n) is 1.15. The first-order valence-corrected chi connectivity index (χ1v) is 6.53. The second-order valence-electron chi connectivity index (χ2n) is 3.17. The number of halogens is 1. The Morgan fingerprint density at radius 3 is 2.53 bits per heavy atom. The predicted molar refractivity (Wildman–Crippen MR) is 66.5 cm³/mol. The van der Waals surface area contributed by atoms with Gasteiger partial charge in [0.05, 0.1) is 17.8 Å². The molecular weight excluding hydrogens is 300 g/mol. The smallest absolute Gasteiger partial charge is 0.422 e. The van der Waals surface area contributed by atoms with E-state index in [2.05, 4.69) is 4.74 Å². The number of benzene rings is 1. The first-order chi connectivity index (χ1) is 8.76. The molecule has 3 N–H and O–H groups in total. The van der Waals surface area contributed by atoms with Gasteiger partial charge in [-0.25, -0.2) is 14.3 Å². The van der Waals surface area contributed by atoms with Crippen LogP contribution < -0.4 is 9.44 Å². The molecule has 0 unspecified atom stereocenters. The van der Waals surface area contributed by atoms with Crippen molar-refractivity contribution in [2.45, 2.75) is 0 Å². The molecule has 1 amide bonds. The molecule has 0 radical (unpaired) electrons. The van der Waals surface area contributed by atoms with Crippen LogP contribution in [-0.2, 0) is 14.9 Å². The molecule has 104 valence electrons. The number of aromatic carboxylic acids is 1. The third-order valence-corrected chi connectivity index (χ3v) is 3.11. The summed E-state index contributed by atoms with van der Waals surface area (Å²) in [6.07, 6.45) is -1.22. The van der Waals surface area contributed by atoms with Crippen LogP contribution in [0.2, 0.25) is 5.02 Å². The molecule has 1 aromatic carbocycles. The van der Waals surface area contributed by atoms with Crippen LogP contribution in [0.15, 0.2) is 18.2 Å². The number of methoxy groups -OCH3 is 1. The molecular formula is C9H9ClN2O6S. The van der Waals surface area contributed by atoms with Crippen molar-refractivity contribution in [1.29, 1.82) is 0 Å². The maximum atomic E-state index is 11.5. The number of rotatable bonds is 4. The maximum absolute atomic E-state index is 11.5. The Labute approximate surface area is 113 Å². The molecule has 0 aliphatic heterocycles. The lowest BCUT2D eigenvalue weighted by molar-refractivity contribution is 0.0698. The number of ether oxygens (including phenoxy) is 1. The lowest BCUT2D eigenvalue weighted by Gasteiger charge is -2.11. The van der Waals surface area contributed by atoms with Crippen LogP contribution in [0.5, 0.6) is 0 Å². The van der Waals surface area contributed by atoms with Gasteiger partial charge >= 0.3 is 22.3 Å². The number of carboxylic acids is 1. The van der Waals surface area contributed by atoms with Gasteiger partial charge in [0.1, 0.15) is 5.56 Å². The van der Waals surface area contributed by atoms with Gasteiger partial charge in [-0.3, -0.25) is 4.72 Å². The molecule has 0 saturated carbocycles. The summed E-state index contributed by atoms with van der Waals surface area (Å²) in [7, 11) is -3.34. The van der Waals surface area contributed by atoms with E-state index >= 15 is 0 Å². The summed E-state index contributed by atoms with van der Waals surface area (Å²) in [6.45, 7) is 0. The summed E-state index contributed by atoms with van der Waals surface area (Å²) in [6, 6.07) is 3.83. The molecule has 0 aliphatic rings. The quantitative estimate of drug-likeness (QED) is 0.764. The Bertz CT molecular complexity index is 615. The van der Waals surface area contributed by atoms with Crippen molar-refractivity contribution in [2.24, 2.45) is 0 Å². The fraction of sp³-hybridized carbons (Fsp3) is 0.111. The molecule has 8 nitrogen and oxygen atoms in total. The first-order valence-electron chi connectivity index (χ1n) is 4.67. The Hall–Kier alpha value is -2.00. The minimum absolute atomic E-state index is 0.147. The number of hydrogen-bond acceptors (Lipinski definition) is 5. The first kappa shape index (κ1) is 15.1. The van der Waals surface area contributed by atoms with E-state index < -0.39 is 27.8 Å². The summed E-state index contributed by atoms with van der Waals surface area (Å²) in [5.74, 6) is -1.42. The Morgan fingerprint density at radius 2 is 2.00 bits per heavy atom. The van der Waals surface area contributed by atoms with Crippen molar-refractivity contribution in [1.82, 2.24) is 4.72 Å². The van der Waals surface area contributed by atoms with Gasteiger partial charge in [-0.2, -0.15) is 8.42 Å². The van der Waals surface area contributed by atoms with Crippen LogP contribution >= 0.6 is 11.6 Å². The third kappa shape index (κ3) is 4.00. The number of carboxylic acid groups (broad SMARTS) is 1. The summed E-state index contributed by atoms with van der Waals surface area (Å²) in [4.78, 5) is 21.8. The van der Waals surface area contributed by atoms with E-state index in [0.717, 1.165) is 7.11 Å². The lowest BCUT2D eigenvalue weighted by atomic mass is 10.2. The zero-order chi connectivity index (χ0) is 14.6. The Balaban J connectivity index is 3.10. The van der Waals surface area contributed by atoms with Crippen LogP contribution in [0.25, 0.3) is 0 Å². The Kier molecular flexibility index (Phi) is 4.57. The molecule has 0 atom stereocenters. The van der Waals surface area contributed by atoms with E-state index in [1.54, 1.807) is 0 Å². The molecule has 10 heteroatoms. The third-order valence-electron chi connectivity index (χ3n) is 1.87. The SMILES string of the molecule is COC(=O)NS(=O)(=O)Nc1cccc(Cl)c1C(=O)O. The van der Waals surface area contributed by atoms with Gasteiger partial charge in [-0.05, 0) is 12.1 Å². The number of carbonyl (C=O) groups is 2. The summed E-state index contributed by atoms with van der Waals surface area (Å²) < 4.78 is 30.5. The average Bonchev–Trinajstić information content (AvgIpc) is 2.26. The average molecular weight is 309 g/mol. The van der Waals surface area contributed by atoms with Crippen LogP contribution in [-0.4, -0.2) is 32.7 Å². The van der Waals surface area contributed by atoms with E-state index in [1.807, 2.05) is 4.72 Å². The number of nitrogens with one attached hydrogen (secondary N) is 2. The van der Waals surface area contributed by atoms with Gasteiger partial charge in [-0.15, -0.1) is 0 Å². The van der Waals surface area contributed by atoms with Crippen LogP contribution in [0, 0.1) is 0 Å². The van der Waals surface area contributed by atoms with Gasteiger partial charge < -0.3 is 9.84 Å². The molecule has 1 rings (SSSR count). The number of amides is 1. The van der Waals surface area contributed by atoms with E-state index in [4.69, 9.17) is 16.7 Å². The van der Waals surface area contributed by atoms with Crippen molar-refractivity contribution in [2.75, 3.05) is 11.8 Å². The molecule has 0 aliphatic carbocycles. The highest BCUT2D eigenvalue weighted by Gasteiger charge is 2.20. The highest BCUT2D eigenvalue weighted by molar-refractivity contribution is 7.91. The van der Waals surface area contributed by atoms with Gasteiger partial charge in [-0.1, -0.05) is 17.7 Å². The zero-order valence-electron chi connectivity index (χ0n) is 9.51. The fourth-order valence-corrected chi connectivity index (χ4v) is 2.22. The molecule has 1 aromatic rings. The van der Waals surface area contributed by atoms with E-state index in [0.29, 0.717) is 0 Å². The predicted octanol–water partition coefficient (Wildman–Crippen LogP) is 1.05. The van der Waals surface area contributed by atoms with Crippen LogP contribution in [0.1, 0.15) is 10.4 Å². The van der Waals surface area contributed by atoms with E-state index in [-0.39, 0.29) is 10.7 Å². The van der Waals surface area contributed by atoms with Crippen molar-refractivity contribution in [3.63, 3.8) is 0 Å². The minimum Gasteiger partial charge on any atom is -0.478 e. The monoisotopic (exact) mass is 308 g/mol. The largest absolute Gasteiger partial charge is 0.478 e. The lowest BCUT2D eigenvalue weighted by Crippen LogP contribution is -2.35. The van der Waals surface area contributed by atoms with Crippen LogP contribution in [0.4, 0.5) is 10.5 Å². The van der Waals surface area contributed by atoms with E-state index in [1.165, 1.54) is 22.9 Å². The maximum Gasteiger partial charge on any atom is 0.422 e. The zero-order valence-corrected chi connectivity index (χ0v) is 11.1.